The Kier molecular flexibility index (Phi) is 3.59. The quantitative estimate of drug-likeness (QED) is 0.356. The number of non-ortho nitro benzene ring substituents is 1. The third-order valence-corrected chi connectivity index (χ3v) is 2.05. The van der Waals surface area contributed by atoms with Crippen LogP contribution >= 0.6 is 11.6 Å². The van der Waals surface area contributed by atoms with E-state index in [4.69, 9.17) is 11.6 Å². The van der Waals surface area contributed by atoms with Crippen LogP contribution in [0.25, 0.3) is 0 Å². The Labute approximate surface area is 99.0 Å². The second-order valence-electron chi connectivity index (χ2n) is 2.88. The summed E-state index contributed by atoms with van der Waals surface area (Å²) in [4.78, 5) is 30.1. The smallest absolute Gasteiger partial charge is 0.308 e. The molecular weight excluding hydrogens is 256 g/mol. The lowest BCUT2D eigenvalue weighted by Gasteiger charge is -2.04. The Morgan fingerprint density at radius 3 is 2.29 bits per heavy atom. The highest BCUT2D eigenvalue weighted by Gasteiger charge is 2.24. The van der Waals surface area contributed by atoms with Crippen LogP contribution < -0.4 is 4.74 Å². The molecule has 0 fully saturated rings. The molecule has 0 aliphatic carbocycles. The van der Waals surface area contributed by atoms with Crippen LogP contribution in [0.2, 0.25) is 5.02 Å². The molecule has 0 spiro atoms. The number of rotatable bonds is 3. The molecule has 0 amide bonds. The molecule has 0 saturated carbocycles. The number of carbonyl (C=O) groups excluding carboxylic acids is 1. The van der Waals surface area contributed by atoms with E-state index in [2.05, 4.69) is 4.74 Å². The molecule has 0 aliphatic heterocycles. The minimum atomic E-state index is -0.900. The molecule has 9 heteroatoms. The number of hydrogen-bond donors (Lipinski definition) is 0. The van der Waals surface area contributed by atoms with Crippen molar-refractivity contribution in [1.82, 2.24) is 0 Å². The molecule has 0 N–H and O–H groups in total. The normalized spacial score (nSPS) is 9.76. The van der Waals surface area contributed by atoms with E-state index < -0.39 is 38.0 Å². The molecule has 0 atom stereocenters. The van der Waals surface area contributed by atoms with E-state index in [1.165, 1.54) is 0 Å². The maximum Gasteiger partial charge on any atom is 0.308 e. The molecular formula is C8H5ClN2O6. The van der Waals surface area contributed by atoms with Gasteiger partial charge in [0.2, 0.25) is 0 Å². The van der Waals surface area contributed by atoms with Crippen LogP contribution in [0.4, 0.5) is 11.4 Å². The molecule has 17 heavy (non-hydrogen) atoms. The molecule has 0 aromatic heterocycles. The largest absolute Gasteiger partial charge is 0.425 e. The average molecular weight is 261 g/mol. The van der Waals surface area contributed by atoms with Crippen LogP contribution in [0.5, 0.6) is 5.75 Å². The minimum absolute atomic E-state index is 0.417. The van der Waals surface area contributed by atoms with Gasteiger partial charge in [-0.1, -0.05) is 11.6 Å². The van der Waals surface area contributed by atoms with Crippen molar-refractivity contribution >= 4 is 28.9 Å². The van der Waals surface area contributed by atoms with Crippen molar-refractivity contribution in [2.45, 2.75) is 6.92 Å². The van der Waals surface area contributed by atoms with Crippen LogP contribution in [-0.2, 0) is 4.79 Å². The summed E-state index contributed by atoms with van der Waals surface area (Å²) in [7, 11) is 0. The van der Waals surface area contributed by atoms with Crippen LogP contribution in [0.3, 0.4) is 0 Å². The van der Waals surface area contributed by atoms with Gasteiger partial charge in [0.05, 0.1) is 22.0 Å². The predicted molar refractivity (Wildman–Crippen MR) is 56.1 cm³/mol. The first-order valence-corrected chi connectivity index (χ1v) is 4.51. The second-order valence-corrected chi connectivity index (χ2v) is 3.26. The summed E-state index contributed by atoms with van der Waals surface area (Å²) in [6.45, 7) is 1.04. The Morgan fingerprint density at radius 2 is 1.88 bits per heavy atom. The average Bonchev–Trinajstić information content (AvgIpc) is 2.19. The number of carbonyl (C=O) groups is 1. The maximum absolute atomic E-state index is 10.7. The summed E-state index contributed by atoms with van der Waals surface area (Å²) in [6, 6.07) is 1.53. The molecule has 1 rings (SSSR count). The molecule has 90 valence electrons. The van der Waals surface area contributed by atoms with Crippen LogP contribution in [0.15, 0.2) is 12.1 Å². The molecule has 1 aromatic carbocycles. The standard InChI is InChI=1S/C8H5ClN2O6/c1-4(12)17-7-3-5(10(13)14)2-6(8(7)9)11(15)16/h2-3H,1H3. The molecule has 8 nitrogen and oxygen atoms in total. The maximum atomic E-state index is 10.7. The van der Waals surface area contributed by atoms with E-state index in [0.29, 0.717) is 6.07 Å². The molecule has 0 aliphatic rings. The molecule has 0 radical (unpaired) electrons. The van der Waals surface area contributed by atoms with Crippen molar-refractivity contribution in [3.05, 3.63) is 37.4 Å². The zero-order chi connectivity index (χ0) is 13.2. The third kappa shape index (κ3) is 2.88. The summed E-state index contributed by atoms with van der Waals surface area (Å²) in [6.07, 6.45) is 0. The lowest BCUT2D eigenvalue weighted by Crippen LogP contribution is -2.04. The Bertz CT molecular complexity index is 515. The number of nitro groups is 2. The predicted octanol–water partition coefficient (Wildman–Crippen LogP) is 2.08. The van der Waals surface area contributed by atoms with E-state index in [9.17, 15) is 25.0 Å². The monoisotopic (exact) mass is 260 g/mol. The van der Waals surface area contributed by atoms with Crippen LogP contribution in [0, 0.1) is 20.2 Å². The number of nitrogens with zero attached hydrogens (tertiary/aromatic N) is 2. The molecule has 0 heterocycles. The molecule has 0 bridgehead atoms. The van der Waals surface area contributed by atoms with E-state index in [-0.39, 0.29) is 0 Å². The van der Waals surface area contributed by atoms with Crippen LogP contribution in [-0.4, -0.2) is 15.8 Å². The van der Waals surface area contributed by atoms with Gasteiger partial charge < -0.3 is 4.74 Å². The molecule has 0 unspecified atom stereocenters. The fourth-order valence-electron chi connectivity index (χ4n) is 1.04. The minimum Gasteiger partial charge on any atom is -0.425 e. The number of benzene rings is 1. The van der Waals surface area contributed by atoms with Crippen molar-refractivity contribution in [2.75, 3.05) is 0 Å². The second kappa shape index (κ2) is 4.74. The fourth-order valence-corrected chi connectivity index (χ4v) is 1.25. The van der Waals surface area contributed by atoms with Crippen molar-refractivity contribution in [3.63, 3.8) is 0 Å². The molecule has 1 aromatic rings. The van der Waals surface area contributed by atoms with E-state index >= 15 is 0 Å². The summed E-state index contributed by atoms with van der Waals surface area (Å²) in [5.41, 5.74) is -1.28. The number of ether oxygens (including phenoxy) is 1. The van der Waals surface area contributed by atoms with Crippen molar-refractivity contribution < 1.29 is 19.4 Å². The number of nitro benzene ring substituents is 2. The fraction of sp³-hybridized carbons (Fsp3) is 0.125. The van der Waals surface area contributed by atoms with Crippen molar-refractivity contribution in [1.29, 1.82) is 0 Å². The summed E-state index contributed by atoms with van der Waals surface area (Å²) in [5.74, 6) is -1.21. The van der Waals surface area contributed by atoms with Crippen molar-refractivity contribution in [2.24, 2.45) is 0 Å². The van der Waals surface area contributed by atoms with Gasteiger partial charge in [-0.05, 0) is 0 Å². The van der Waals surface area contributed by atoms with Gasteiger partial charge in [-0.2, -0.15) is 0 Å². The number of hydrogen-bond acceptors (Lipinski definition) is 6. The zero-order valence-electron chi connectivity index (χ0n) is 8.38. The van der Waals surface area contributed by atoms with Gasteiger partial charge in [-0.15, -0.1) is 0 Å². The summed E-state index contributed by atoms with van der Waals surface area (Å²) < 4.78 is 4.55. The summed E-state index contributed by atoms with van der Waals surface area (Å²) >= 11 is 5.58. The lowest BCUT2D eigenvalue weighted by molar-refractivity contribution is -0.394. The van der Waals surface area contributed by atoms with E-state index in [1.807, 2.05) is 0 Å². The number of halogens is 1. The van der Waals surface area contributed by atoms with Gasteiger partial charge >= 0.3 is 5.97 Å². The van der Waals surface area contributed by atoms with Gasteiger partial charge in [0.1, 0.15) is 0 Å². The highest BCUT2D eigenvalue weighted by Crippen LogP contribution is 2.37. The topological polar surface area (TPSA) is 113 Å². The van der Waals surface area contributed by atoms with Crippen molar-refractivity contribution in [3.8, 4) is 5.75 Å². The van der Waals surface area contributed by atoms with Gasteiger partial charge in [-0.25, -0.2) is 0 Å². The first kappa shape index (κ1) is 12.8. The third-order valence-electron chi connectivity index (χ3n) is 1.67. The van der Waals surface area contributed by atoms with Gasteiger partial charge in [-0.3, -0.25) is 25.0 Å². The highest BCUT2D eigenvalue weighted by molar-refractivity contribution is 6.34. The van der Waals surface area contributed by atoms with E-state index in [0.717, 1.165) is 13.0 Å². The lowest BCUT2D eigenvalue weighted by atomic mass is 10.2. The zero-order valence-corrected chi connectivity index (χ0v) is 9.13. The Balaban J connectivity index is 3.42. The Hall–Kier alpha value is -2.22. The summed E-state index contributed by atoms with van der Waals surface area (Å²) in [5, 5.41) is 20.7. The SMILES string of the molecule is CC(=O)Oc1cc([N+](=O)[O-])cc([N+](=O)[O-])c1Cl. The van der Waals surface area contributed by atoms with Gasteiger partial charge in [0, 0.05) is 6.92 Å². The van der Waals surface area contributed by atoms with Crippen LogP contribution in [0.1, 0.15) is 6.92 Å². The van der Waals surface area contributed by atoms with Gasteiger partial charge in [0.25, 0.3) is 11.4 Å². The first-order chi connectivity index (χ1) is 7.82. The number of esters is 1. The highest BCUT2D eigenvalue weighted by atomic mass is 35.5. The van der Waals surface area contributed by atoms with E-state index in [1.54, 1.807) is 0 Å². The Morgan fingerprint density at radius 1 is 1.29 bits per heavy atom. The van der Waals surface area contributed by atoms with Gasteiger partial charge in [0.15, 0.2) is 10.8 Å². The molecule has 0 saturated heterocycles. The first-order valence-electron chi connectivity index (χ1n) is 4.13.